The van der Waals surface area contributed by atoms with E-state index in [2.05, 4.69) is 0 Å². The third-order valence-electron chi connectivity index (χ3n) is 5.88. The van der Waals surface area contributed by atoms with Crippen LogP contribution in [0, 0.1) is 5.92 Å². The second-order valence-electron chi connectivity index (χ2n) is 9.37. The molecule has 0 bridgehead atoms. The van der Waals surface area contributed by atoms with Crippen LogP contribution in [0.2, 0.25) is 0 Å². The van der Waals surface area contributed by atoms with Gasteiger partial charge in [-0.2, -0.15) is 0 Å². The number of para-hydroxylation sites is 1. The molecule has 1 N–H and O–H groups in total. The fourth-order valence-corrected chi connectivity index (χ4v) is 4.63. The van der Waals surface area contributed by atoms with E-state index < -0.39 is 11.2 Å². The van der Waals surface area contributed by atoms with Crippen molar-refractivity contribution in [2.24, 2.45) is 5.92 Å². The Morgan fingerprint density at radius 1 is 1.33 bits per heavy atom. The van der Waals surface area contributed by atoms with E-state index in [0.29, 0.717) is 12.3 Å². The SMILES string of the molecule is CC(C)(C)OC(=O)N1CC[C@H]2O[C@H]3c4cccc(O)c4OC(C)(C)[C@@H]3C[C@H]21. The molecule has 0 saturated carbocycles. The molecule has 6 nitrogen and oxygen atoms in total. The zero-order chi connectivity index (χ0) is 19.6. The second kappa shape index (κ2) is 6.03. The number of rotatable bonds is 0. The van der Waals surface area contributed by atoms with Crippen LogP contribution in [0.15, 0.2) is 18.2 Å². The minimum atomic E-state index is -0.517. The second-order valence-corrected chi connectivity index (χ2v) is 9.37. The summed E-state index contributed by atoms with van der Waals surface area (Å²) in [5, 5.41) is 10.2. The highest BCUT2D eigenvalue weighted by Crippen LogP contribution is 2.54. The Balaban J connectivity index is 1.62. The zero-order valence-corrected chi connectivity index (χ0v) is 16.7. The average molecular weight is 375 g/mol. The van der Waals surface area contributed by atoms with E-state index in [0.717, 1.165) is 18.4 Å². The van der Waals surface area contributed by atoms with Crippen LogP contribution in [0.3, 0.4) is 0 Å². The lowest BCUT2D eigenvalue weighted by Gasteiger charge is -2.50. The first-order valence-corrected chi connectivity index (χ1v) is 9.73. The maximum atomic E-state index is 12.7. The van der Waals surface area contributed by atoms with Crippen LogP contribution < -0.4 is 4.74 Å². The Hall–Kier alpha value is -1.95. The van der Waals surface area contributed by atoms with Crippen molar-refractivity contribution >= 4 is 6.09 Å². The number of likely N-dealkylation sites (tertiary alicyclic amines) is 1. The van der Waals surface area contributed by atoms with Crippen LogP contribution >= 0.6 is 0 Å². The van der Waals surface area contributed by atoms with Crippen LogP contribution in [0.4, 0.5) is 4.79 Å². The number of nitrogens with zero attached hydrogens (tertiary/aromatic N) is 1. The van der Waals surface area contributed by atoms with Gasteiger partial charge in [-0.15, -0.1) is 0 Å². The first-order chi connectivity index (χ1) is 12.6. The molecule has 2 saturated heterocycles. The molecule has 6 heteroatoms. The summed E-state index contributed by atoms with van der Waals surface area (Å²) in [4.78, 5) is 14.5. The van der Waals surface area contributed by atoms with Crippen molar-refractivity contribution in [3.8, 4) is 11.5 Å². The first-order valence-electron chi connectivity index (χ1n) is 9.73. The molecule has 0 aromatic heterocycles. The van der Waals surface area contributed by atoms with Gasteiger partial charge in [-0.25, -0.2) is 4.79 Å². The molecule has 148 valence electrons. The van der Waals surface area contributed by atoms with Crippen molar-refractivity contribution in [1.82, 2.24) is 4.90 Å². The third-order valence-corrected chi connectivity index (χ3v) is 5.88. The van der Waals surface area contributed by atoms with Gasteiger partial charge in [-0.3, -0.25) is 0 Å². The summed E-state index contributed by atoms with van der Waals surface area (Å²) in [6.45, 7) is 10.3. The number of hydrogen-bond donors (Lipinski definition) is 1. The van der Waals surface area contributed by atoms with Crippen molar-refractivity contribution in [1.29, 1.82) is 0 Å². The molecule has 2 fully saturated rings. The number of fused-ring (bicyclic) bond motifs is 4. The summed E-state index contributed by atoms with van der Waals surface area (Å²) in [6, 6.07) is 5.41. The molecule has 1 amide bonds. The lowest BCUT2D eigenvalue weighted by molar-refractivity contribution is -0.161. The fraction of sp³-hybridized carbons (Fsp3) is 0.667. The van der Waals surface area contributed by atoms with Gasteiger partial charge in [0.15, 0.2) is 11.5 Å². The normalized spacial score (nSPS) is 31.4. The highest BCUT2D eigenvalue weighted by Gasteiger charge is 2.54. The minimum absolute atomic E-state index is 0.0113. The van der Waals surface area contributed by atoms with E-state index in [9.17, 15) is 9.90 Å². The molecule has 1 aromatic carbocycles. The molecular formula is C21H29NO5. The minimum Gasteiger partial charge on any atom is -0.504 e. The van der Waals surface area contributed by atoms with Crippen molar-refractivity contribution < 1.29 is 24.1 Å². The Labute approximate surface area is 160 Å². The lowest BCUT2D eigenvalue weighted by atomic mass is 9.74. The highest BCUT2D eigenvalue weighted by atomic mass is 16.6. The van der Waals surface area contributed by atoms with Gasteiger partial charge in [0.1, 0.15) is 11.2 Å². The molecule has 3 aliphatic rings. The number of carbonyl (C=O) groups is 1. The quantitative estimate of drug-likeness (QED) is 0.742. The Bertz CT molecular complexity index is 753. The van der Waals surface area contributed by atoms with Gasteiger partial charge in [-0.1, -0.05) is 12.1 Å². The van der Waals surface area contributed by atoms with Crippen LogP contribution in [-0.2, 0) is 9.47 Å². The van der Waals surface area contributed by atoms with Crippen molar-refractivity contribution in [3.05, 3.63) is 23.8 Å². The van der Waals surface area contributed by atoms with Crippen molar-refractivity contribution in [2.75, 3.05) is 6.54 Å². The number of aromatic hydroxyl groups is 1. The number of benzene rings is 1. The largest absolute Gasteiger partial charge is 0.504 e. The molecule has 4 atom stereocenters. The summed E-state index contributed by atoms with van der Waals surface area (Å²) in [6.07, 6.45) is 1.14. The zero-order valence-electron chi connectivity index (χ0n) is 16.7. The van der Waals surface area contributed by atoms with Crippen LogP contribution in [-0.4, -0.2) is 46.0 Å². The van der Waals surface area contributed by atoms with E-state index in [4.69, 9.17) is 14.2 Å². The molecule has 0 radical (unpaired) electrons. The lowest BCUT2D eigenvalue weighted by Crippen LogP contribution is -2.55. The average Bonchev–Trinajstić information content (AvgIpc) is 2.96. The van der Waals surface area contributed by atoms with Gasteiger partial charge in [0.25, 0.3) is 0 Å². The smallest absolute Gasteiger partial charge is 0.410 e. The third kappa shape index (κ3) is 3.14. The monoisotopic (exact) mass is 375 g/mol. The van der Waals surface area contributed by atoms with E-state index in [1.54, 1.807) is 6.07 Å². The standard InChI is InChI=1S/C21H29NO5/c1-20(2,3)27-19(24)22-10-9-16-14(22)11-13-17(25-16)12-7-6-8-15(23)18(12)26-21(13,4)5/h6-8,13-14,16-17,23H,9-11H2,1-5H3/t13-,14-,16-,17+/m1/s1. The predicted octanol–water partition coefficient (Wildman–Crippen LogP) is 4.02. The van der Waals surface area contributed by atoms with Crippen molar-refractivity contribution in [2.45, 2.75) is 76.9 Å². The number of phenolic OH excluding ortho intramolecular Hbond substituents is 1. The molecule has 4 rings (SSSR count). The van der Waals surface area contributed by atoms with Gasteiger partial charge < -0.3 is 24.2 Å². The summed E-state index contributed by atoms with van der Waals surface area (Å²) in [5.74, 6) is 0.742. The number of carbonyl (C=O) groups excluding carboxylic acids is 1. The van der Waals surface area contributed by atoms with Gasteiger partial charge in [0.05, 0.1) is 18.2 Å². The molecule has 3 aliphatic heterocycles. The molecule has 3 heterocycles. The number of hydrogen-bond acceptors (Lipinski definition) is 5. The maximum absolute atomic E-state index is 12.7. The molecule has 27 heavy (non-hydrogen) atoms. The van der Waals surface area contributed by atoms with Crippen molar-refractivity contribution in [3.63, 3.8) is 0 Å². The molecular weight excluding hydrogens is 346 g/mol. The Morgan fingerprint density at radius 3 is 2.78 bits per heavy atom. The summed E-state index contributed by atoms with van der Waals surface area (Å²) < 4.78 is 18.3. The fourth-order valence-electron chi connectivity index (χ4n) is 4.63. The topological polar surface area (TPSA) is 68.2 Å². The molecule has 1 aromatic rings. The number of ether oxygens (including phenoxy) is 3. The van der Waals surface area contributed by atoms with E-state index >= 15 is 0 Å². The Kier molecular flexibility index (Phi) is 4.11. The Morgan fingerprint density at radius 2 is 2.07 bits per heavy atom. The van der Waals surface area contributed by atoms with Gasteiger partial charge >= 0.3 is 6.09 Å². The highest BCUT2D eigenvalue weighted by molar-refractivity contribution is 5.69. The molecule has 0 aliphatic carbocycles. The van der Waals surface area contributed by atoms with E-state index in [1.807, 2.05) is 51.7 Å². The summed E-state index contributed by atoms with van der Waals surface area (Å²) in [5.41, 5.74) is -0.130. The first kappa shape index (κ1) is 18.4. The van der Waals surface area contributed by atoms with Crippen LogP contribution in [0.1, 0.15) is 59.1 Å². The predicted molar refractivity (Wildman–Crippen MR) is 99.9 cm³/mol. The van der Waals surface area contributed by atoms with E-state index in [-0.39, 0.29) is 36.0 Å². The van der Waals surface area contributed by atoms with Crippen LogP contribution in [0.25, 0.3) is 0 Å². The maximum Gasteiger partial charge on any atom is 0.410 e. The molecule has 0 spiro atoms. The van der Waals surface area contributed by atoms with E-state index in [1.165, 1.54) is 0 Å². The van der Waals surface area contributed by atoms with Gasteiger partial charge in [0, 0.05) is 18.0 Å². The summed E-state index contributed by atoms with van der Waals surface area (Å²) in [7, 11) is 0. The molecule has 0 unspecified atom stereocenters. The summed E-state index contributed by atoms with van der Waals surface area (Å²) >= 11 is 0. The van der Waals surface area contributed by atoms with Gasteiger partial charge in [-0.05, 0) is 53.5 Å². The number of phenols is 1. The number of amides is 1. The van der Waals surface area contributed by atoms with Gasteiger partial charge in [0.2, 0.25) is 0 Å². The van der Waals surface area contributed by atoms with Crippen LogP contribution in [0.5, 0.6) is 11.5 Å².